The molecule has 0 bridgehead atoms. The number of aromatic amines is 1. The minimum atomic E-state index is -1.13. The molecule has 2 aromatic rings. The van der Waals surface area contributed by atoms with E-state index < -0.39 is 41.8 Å². The number of thioether (sulfide) groups is 1. The van der Waals surface area contributed by atoms with Crippen molar-refractivity contribution in [2.24, 2.45) is 11.7 Å². The predicted molar refractivity (Wildman–Crippen MR) is 137 cm³/mol. The zero-order valence-electron chi connectivity index (χ0n) is 20.3. The van der Waals surface area contributed by atoms with Crippen LogP contribution >= 0.6 is 11.8 Å². The SMILES string of the molecule is CSCCC(NC(=O)C(CC(C)C)NC(=O)C(Cc1c[nH]c2ccccc12)NC(=O)CN)C(=O)O. The summed E-state index contributed by atoms with van der Waals surface area (Å²) in [7, 11) is 0. The summed E-state index contributed by atoms with van der Waals surface area (Å²) < 4.78 is 0. The molecule has 1 aromatic heterocycles. The van der Waals surface area contributed by atoms with E-state index in [9.17, 15) is 24.3 Å². The van der Waals surface area contributed by atoms with E-state index in [0.717, 1.165) is 16.5 Å². The van der Waals surface area contributed by atoms with Crippen LogP contribution in [0.1, 0.15) is 32.3 Å². The third-order valence-electron chi connectivity index (χ3n) is 5.50. The van der Waals surface area contributed by atoms with Gasteiger partial charge in [0, 0.05) is 23.5 Å². The first kappa shape index (κ1) is 28.2. The maximum absolute atomic E-state index is 13.3. The van der Waals surface area contributed by atoms with Gasteiger partial charge in [-0.25, -0.2) is 4.79 Å². The average Bonchev–Trinajstić information content (AvgIpc) is 3.22. The van der Waals surface area contributed by atoms with E-state index in [1.807, 2.05) is 44.4 Å². The van der Waals surface area contributed by atoms with Gasteiger partial charge in [-0.1, -0.05) is 32.0 Å². The van der Waals surface area contributed by atoms with Crippen LogP contribution in [0.3, 0.4) is 0 Å². The quantitative estimate of drug-likeness (QED) is 0.223. The summed E-state index contributed by atoms with van der Waals surface area (Å²) in [5, 5.41) is 18.3. The van der Waals surface area contributed by atoms with Crippen molar-refractivity contribution in [1.29, 1.82) is 0 Å². The van der Waals surface area contributed by atoms with Gasteiger partial charge in [0.15, 0.2) is 0 Å². The number of carboxylic acids is 1. The number of carboxylic acid groups (broad SMARTS) is 1. The van der Waals surface area contributed by atoms with Gasteiger partial charge in [-0.05, 0) is 42.4 Å². The second kappa shape index (κ2) is 13.7. The highest BCUT2D eigenvalue weighted by molar-refractivity contribution is 7.98. The molecule has 10 nitrogen and oxygen atoms in total. The number of amides is 3. The van der Waals surface area contributed by atoms with E-state index >= 15 is 0 Å². The Morgan fingerprint density at radius 1 is 1.03 bits per heavy atom. The number of para-hydroxylation sites is 1. The van der Waals surface area contributed by atoms with Crippen molar-refractivity contribution in [1.82, 2.24) is 20.9 Å². The summed E-state index contributed by atoms with van der Waals surface area (Å²) in [4.78, 5) is 53.0. The topological polar surface area (TPSA) is 166 Å². The van der Waals surface area contributed by atoms with Crippen LogP contribution in [-0.2, 0) is 25.6 Å². The van der Waals surface area contributed by atoms with Crippen LogP contribution in [0.25, 0.3) is 10.9 Å². The number of benzene rings is 1. The fourth-order valence-electron chi connectivity index (χ4n) is 3.72. The van der Waals surface area contributed by atoms with Gasteiger partial charge >= 0.3 is 5.97 Å². The molecule has 0 aliphatic rings. The maximum atomic E-state index is 13.3. The molecule has 0 fully saturated rings. The number of nitrogens with two attached hydrogens (primary N) is 1. The van der Waals surface area contributed by atoms with Crippen LogP contribution in [0.5, 0.6) is 0 Å². The standard InChI is InChI=1S/C24H35N5O5S/c1-14(2)10-19(22(31)28-18(24(33)34)8-9-35-3)29-23(32)20(27-21(30)12-25)11-15-13-26-17-7-5-4-6-16(15)17/h4-7,13-14,18-20,26H,8-12,25H2,1-3H3,(H,27,30)(H,28,31)(H,29,32)(H,33,34). The maximum Gasteiger partial charge on any atom is 0.326 e. The van der Waals surface area contributed by atoms with E-state index in [-0.39, 0.29) is 25.3 Å². The molecule has 0 saturated heterocycles. The highest BCUT2D eigenvalue weighted by Gasteiger charge is 2.30. The molecule has 3 atom stereocenters. The largest absolute Gasteiger partial charge is 0.480 e. The van der Waals surface area contributed by atoms with Crippen molar-refractivity contribution in [3.05, 3.63) is 36.0 Å². The van der Waals surface area contributed by atoms with Gasteiger partial charge in [0.25, 0.3) is 0 Å². The van der Waals surface area contributed by atoms with Crippen LogP contribution < -0.4 is 21.7 Å². The molecule has 7 N–H and O–H groups in total. The fourth-order valence-corrected chi connectivity index (χ4v) is 4.19. The van der Waals surface area contributed by atoms with Crippen LogP contribution in [0.15, 0.2) is 30.5 Å². The van der Waals surface area contributed by atoms with Gasteiger partial charge in [-0.15, -0.1) is 0 Å². The predicted octanol–water partition coefficient (Wildman–Crippen LogP) is 1.01. The Labute approximate surface area is 209 Å². The first-order valence-corrected chi connectivity index (χ1v) is 12.9. The number of carbonyl (C=O) groups is 4. The van der Waals surface area contributed by atoms with Crippen molar-refractivity contribution < 1.29 is 24.3 Å². The monoisotopic (exact) mass is 505 g/mol. The van der Waals surface area contributed by atoms with Crippen LogP contribution in [0.2, 0.25) is 0 Å². The minimum Gasteiger partial charge on any atom is -0.480 e. The Morgan fingerprint density at radius 3 is 2.31 bits per heavy atom. The zero-order valence-corrected chi connectivity index (χ0v) is 21.1. The van der Waals surface area contributed by atoms with E-state index in [2.05, 4.69) is 20.9 Å². The number of carbonyl (C=O) groups excluding carboxylic acids is 3. The first-order chi connectivity index (χ1) is 16.7. The minimum absolute atomic E-state index is 0.0474. The molecular weight excluding hydrogens is 470 g/mol. The third-order valence-corrected chi connectivity index (χ3v) is 6.15. The molecule has 0 aliphatic carbocycles. The molecule has 0 radical (unpaired) electrons. The number of H-pyrrole nitrogens is 1. The van der Waals surface area contributed by atoms with E-state index in [0.29, 0.717) is 12.2 Å². The average molecular weight is 506 g/mol. The van der Waals surface area contributed by atoms with Crippen molar-refractivity contribution in [2.75, 3.05) is 18.6 Å². The van der Waals surface area contributed by atoms with Crippen molar-refractivity contribution in [2.45, 2.75) is 51.2 Å². The molecule has 0 saturated carbocycles. The van der Waals surface area contributed by atoms with E-state index in [1.54, 1.807) is 6.20 Å². The highest BCUT2D eigenvalue weighted by Crippen LogP contribution is 2.19. The lowest BCUT2D eigenvalue weighted by atomic mass is 10.0. The first-order valence-electron chi connectivity index (χ1n) is 11.5. The molecule has 11 heteroatoms. The normalized spacial score (nSPS) is 13.7. The van der Waals surface area contributed by atoms with Gasteiger partial charge in [-0.3, -0.25) is 14.4 Å². The number of hydrogen-bond acceptors (Lipinski definition) is 6. The van der Waals surface area contributed by atoms with Crippen LogP contribution in [0.4, 0.5) is 0 Å². The smallest absolute Gasteiger partial charge is 0.326 e. The zero-order chi connectivity index (χ0) is 26.0. The summed E-state index contributed by atoms with van der Waals surface area (Å²) in [6.07, 6.45) is 4.38. The lowest BCUT2D eigenvalue weighted by Gasteiger charge is -2.25. The second-order valence-electron chi connectivity index (χ2n) is 8.76. The lowest BCUT2D eigenvalue weighted by molar-refractivity contribution is -0.142. The van der Waals surface area contributed by atoms with Crippen LogP contribution in [-0.4, -0.2) is 70.5 Å². The molecule has 0 aliphatic heterocycles. The summed E-state index contributed by atoms with van der Waals surface area (Å²) in [6, 6.07) is 4.61. The number of aliphatic carboxylic acids is 1. The van der Waals surface area contributed by atoms with Gasteiger partial charge in [0.1, 0.15) is 18.1 Å². The van der Waals surface area contributed by atoms with Gasteiger partial charge < -0.3 is 31.8 Å². The second-order valence-corrected chi connectivity index (χ2v) is 9.75. The summed E-state index contributed by atoms with van der Waals surface area (Å²) in [6.45, 7) is 3.51. The Morgan fingerprint density at radius 2 is 1.69 bits per heavy atom. The summed E-state index contributed by atoms with van der Waals surface area (Å²) >= 11 is 1.48. The Bertz CT molecular complexity index is 1020. The van der Waals surface area contributed by atoms with Gasteiger partial charge in [0.05, 0.1) is 6.54 Å². The molecule has 0 spiro atoms. The molecule has 1 heterocycles. The number of aromatic nitrogens is 1. The van der Waals surface area contributed by atoms with E-state index in [4.69, 9.17) is 5.73 Å². The number of hydrogen-bond donors (Lipinski definition) is 6. The fraction of sp³-hybridized carbons (Fsp3) is 0.500. The van der Waals surface area contributed by atoms with Crippen LogP contribution in [0, 0.1) is 5.92 Å². The van der Waals surface area contributed by atoms with Crippen molar-refractivity contribution >= 4 is 46.4 Å². The molecule has 3 amide bonds. The van der Waals surface area contributed by atoms with E-state index in [1.165, 1.54) is 11.8 Å². The van der Waals surface area contributed by atoms with Crippen molar-refractivity contribution in [3.8, 4) is 0 Å². The van der Waals surface area contributed by atoms with Crippen molar-refractivity contribution in [3.63, 3.8) is 0 Å². The molecule has 1 aromatic carbocycles. The van der Waals surface area contributed by atoms with Gasteiger partial charge in [0.2, 0.25) is 17.7 Å². The molecule has 2 rings (SSSR count). The summed E-state index contributed by atoms with van der Waals surface area (Å²) in [5.74, 6) is -2.14. The molecule has 192 valence electrons. The summed E-state index contributed by atoms with van der Waals surface area (Å²) in [5.41, 5.74) is 7.17. The number of nitrogens with one attached hydrogen (secondary N) is 4. The highest BCUT2D eigenvalue weighted by atomic mass is 32.2. The Hall–Kier alpha value is -3.05. The number of fused-ring (bicyclic) bond motifs is 1. The third kappa shape index (κ3) is 8.59. The molecule has 35 heavy (non-hydrogen) atoms. The molecule has 3 unspecified atom stereocenters. The van der Waals surface area contributed by atoms with Gasteiger partial charge in [-0.2, -0.15) is 11.8 Å². The lowest BCUT2D eigenvalue weighted by Crippen LogP contribution is -2.57. The Balaban J connectivity index is 2.22. The Kier molecular flexibility index (Phi) is 11.1. The molecular formula is C24H35N5O5S. The number of rotatable bonds is 14.